The highest BCUT2D eigenvalue weighted by Gasteiger charge is 2.32. The van der Waals surface area contributed by atoms with Crippen LogP contribution in [0.3, 0.4) is 0 Å². The highest BCUT2D eigenvalue weighted by molar-refractivity contribution is 8.00. The van der Waals surface area contributed by atoms with Gasteiger partial charge in [-0.1, -0.05) is 54.6 Å². The lowest BCUT2D eigenvalue weighted by atomic mass is 10.0. The molecule has 4 aromatic carbocycles. The van der Waals surface area contributed by atoms with E-state index < -0.39 is 23.0 Å². The van der Waals surface area contributed by atoms with E-state index in [1.54, 1.807) is 65.6 Å². The quantitative estimate of drug-likeness (QED) is 0.0586. The monoisotopic (exact) mass is 834 g/mol. The van der Waals surface area contributed by atoms with E-state index in [-0.39, 0.29) is 17.5 Å². The van der Waals surface area contributed by atoms with Gasteiger partial charge in [0.05, 0.1) is 40.5 Å². The number of esters is 1. The van der Waals surface area contributed by atoms with Crippen LogP contribution in [-0.4, -0.2) is 69.5 Å². The summed E-state index contributed by atoms with van der Waals surface area (Å²) in [5.41, 5.74) is 2.91. The molecule has 15 heteroatoms. The van der Waals surface area contributed by atoms with E-state index in [9.17, 15) is 24.0 Å². The van der Waals surface area contributed by atoms with Gasteiger partial charge >= 0.3 is 5.97 Å². The Morgan fingerprint density at radius 1 is 0.814 bits per heavy atom. The standard InChI is InChI=1S/C44H42N4O9S2/c1-26(49)48-20-19-32-36(25-48)59-43(37(32)44(53)57-5)47-42(52)39(28-13-8-6-9-14-28)58-31-18-12-17-30(24-31)45-41(51)33(46-40(50)29-15-10-7-11-16-29)21-27-22-34(54-2)38(56-4)35(23-27)55-3/h6-18,21-24,39H,19-20,25H2,1-5H3,(H,45,51)(H,46,50)(H,47,52)/b33-21+. The number of anilines is 2. The van der Waals surface area contributed by atoms with Crippen LogP contribution in [-0.2, 0) is 32.1 Å². The number of hydrogen-bond donors (Lipinski definition) is 3. The van der Waals surface area contributed by atoms with E-state index >= 15 is 0 Å². The Hall–Kier alpha value is -6.58. The predicted octanol–water partition coefficient (Wildman–Crippen LogP) is 7.35. The van der Waals surface area contributed by atoms with Crippen LogP contribution < -0.4 is 30.2 Å². The van der Waals surface area contributed by atoms with E-state index in [0.717, 1.165) is 10.4 Å². The topological polar surface area (TPSA) is 162 Å². The lowest BCUT2D eigenvalue weighted by Gasteiger charge is -2.25. The minimum Gasteiger partial charge on any atom is -0.493 e. The molecule has 304 valence electrons. The number of hydrogen-bond acceptors (Lipinski definition) is 11. The lowest BCUT2D eigenvalue weighted by molar-refractivity contribution is -0.129. The van der Waals surface area contributed by atoms with Crippen LogP contribution in [0.15, 0.2) is 108 Å². The maximum atomic E-state index is 14.3. The fourth-order valence-electron chi connectivity index (χ4n) is 6.43. The number of rotatable bonds is 14. The third-order valence-corrected chi connectivity index (χ3v) is 11.7. The fourth-order valence-corrected chi connectivity index (χ4v) is 8.77. The Bertz CT molecular complexity index is 2370. The molecule has 0 radical (unpaired) electrons. The van der Waals surface area contributed by atoms with Crippen molar-refractivity contribution in [2.45, 2.75) is 30.0 Å². The van der Waals surface area contributed by atoms with Gasteiger partial charge in [-0.05, 0) is 71.7 Å². The third kappa shape index (κ3) is 9.94. The van der Waals surface area contributed by atoms with Crippen molar-refractivity contribution in [3.05, 3.63) is 135 Å². The molecule has 2 heterocycles. The van der Waals surface area contributed by atoms with Crippen LogP contribution in [0.5, 0.6) is 17.2 Å². The maximum absolute atomic E-state index is 14.3. The average Bonchev–Trinajstić information content (AvgIpc) is 3.62. The minimum absolute atomic E-state index is 0.0702. The Morgan fingerprint density at radius 3 is 2.12 bits per heavy atom. The lowest BCUT2D eigenvalue weighted by Crippen LogP contribution is -2.33. The summed E-state index contributed by atoms with van der Waals surface area (Å²) in [6, 6.07) is 28.0. The molecule has 59 heavy (non-hydrogen) atoms. The molecule has 0 aliphatic carbocycles. The number of amides is 4. The minimum atomic E-state index is -0.791. The first-order chi connectivity index (χ1) is 28.5. The van der Waals surface area contributed by atoms with Crippen LogP contribution >= 0.6 is 23.1 Å². The molecule has 1 aliphatic rings. The fraction of sp³-hybridized carbons (Fsp3) is 0.205. The summed E-state index contributed by atoms with van der Waals surface area (Å²) < 4.78 is 21.6. The first kappa shape index (κ1) is 42.0. The van der Waals surface area contributed by atoms with Gasteiger partial charge in [-0.3, -0.25) is 19.2 Å². The summed E-state index contributed by atoms with van der Waals surface area (Å²) in [6.07, 6.45) is 1.95. The number of methoxy groups -OCH3 is 4. The van der Waals surface area contributed by atoms with Gasteiger partial charge in [0.15, 0.2) is 11.5 Å². The second-order valence-electron chi connectivity index (χ2n) is 13.1. The zero-order chi connectivity index (χ0) is 42.1. The molecule has 0 spiro atoms. The summed E-state index contributed by atoms with van der Waals surface area (Å²) in [4.78, 5) is 70.0. The second-order valence-corrected chi connectivity index (χ2v) is 15.4. The predicted molar refractivity (Wildman–Crippen MR) is 227 cm³/mol. The van der Waals surface area contributed by atoms with Gasteiger partial charge in [0.25, 0.3) is 11.8 Å². The van der Waals surface area contributed by atoms with E-state index in [4.69, 9.17) is 18.9 Å². The third-order valence-electron chi connectivity index (χ3n) is 9.34. The largest absolute Gasteiger partial charge is 0.493 e. The number of carbonyl (C=O) groups excluding carboxylic acids is 5. The summed E-state index contributed by atoms with van der Waals surface area (Å²) in [5.74, 6) is -1.08. The summed E-state index contributed by atoms with van der Waals surface area (Å²) >= 11 is 2.50. The molecule has 1 unspecified atom stereocenters. The molecule has 1 aromatic heterocycles. The van der Waals surface area contributed by atoms with Gasteiger partial charge in [0.2, 0.25) is 17.6 Å². The number of benzene rings is 4. The normalized spacial score (nSPS) is 12.7. The Kier molecular flexibility index (Phi) is 13.7. The number of thiophene rings is 1. The van der Waals surface area contributed by atoms with Gasteiger partial charge in [-0.2, -0.15) is 0 Å². The van der Waals surface area contributed by atoms with Crippen molar-refractivity contribution in [1.29, 1.82) is 0 Å². The Morgan fingerprint density at radius 2 is 1.49 bits per heavy atom. The number of fused-ring (bicyclic) bond motifs is 1. The smallest absolute Gasteiger partial charge is 0.341 e. The van der Waals surface area contributed by atoms with Gasteiger partial charge in [0, 0.05) is 34.5 Å². The average molecular weight is 835 g/mol. The van der Waals surface area contributed by atoms with E-state index in [1.165, 1.54) is 64.5 Å². The first-order valence-corrected chi connectivity index (χ1v) is 20.0. The first-order valence-electron chi connectivity index (χ1n) is 18.3. The Balaban J connectivity index is 1.28. The van der Waals surface area contributed by atoms with Gasteiger partial charge in [-0.15, -0.1) is 23.1 Å². The zero-order valence-corrected chi connectivity index (χ0v) is 34.6. The molecule has 13 nitrogen and oxygen atoms in total. The van der Waals surface area contributed by atoms with Gasteiger partial charge in [-0.25, -0.2) is 4.79 Å². The van der Waals surface area contributed by atoms with Crippen molar-refractivity contribution in [2.75, 3.05) is 45.6 Å². The van der Waals surface area contributed by atoms with Crippen LogP contribution in [0.25, 0.3) is 6.08 Å². The maximum Gasteiger partial charge on any atom is 0.341 e. The van der Waals surface area contributed by atoms with Crippen molar-refractivity contribution >= 4 is 69.5 Å². The summed E-state index contributed by atoms with van der Waals surface area (Å²) in [7, 11) is 5.73. The summed E-state index contributed by atoms with van der Waals surface area (Å²) in [6.45, 7) is 2.29. The van der Waals surface area contributed by atoms with Gasteiger partial charge in [0.1, 0.15) is 15.9 Å². The van der Waals surface area contributed by atoms with Crippen molar-refractivity contribution in [1.82, 2.24) is 10.2 Å². The summed E-state index contributed by atoms with van der Waals surface area (Å²) in [5, 5.41) is 8.19. The molecule has 3 N–H and O–H groups in total. The Labute approximate surface area is 349 Å². The van der Waals surface area contributed by atoms with Crippen LogP contribution in [0.1, 0.15) is 54.5 Å². The van der Waals surface area contributed by atoms with Crippen LogP contribution in [0.4, 0.5) is 10.7 Å². The van der Waals surface area contributed by atoms with Crippen molar-refractivity contribution < 1.29 is 42.9 Å². The molecule has 5 aromatic rings. The SMILES string of the molecule is COC(=O)c1c(NC(=O)C(Sc2cccc(NC(=O)/C(=C\c3cc(OC)c(OC)c(OC)c3)NC(=O)c3ccccc3)c2)c2ccccc2)sc2c1CCN(C(C)=O)C2. The molecule has 0 saturated carbocycles. The van der Waals surface area contributed by atoms with E-state index in [2.05, 4.69) is 16.0 Å². The molecule has 0 saturated heterocycles. The van der Waals surface area contributed by atoms with Crippen molar-refractivity contribution in [3.8, 4) is 17.2 Å². The number of carbonyl (C=O) groups is 5. The van der Waals surface area contributed by atoms with E-state index in [0.29, 0.717) is 74.6 Å². The van der Waals surface area contributed by atoms with Crippen molar-refractivity contribution in [2.24, 2.45) is 0 Å². The highest BCUT2D eigenvalue weighted by Crippen LogP contribution is 2.42. The van der Waals surface area contributed by atoms with Gasteiger partial charge < -0.3 is 39.8 Å². The van der Waals surface area contributed by atoms with Crippen LogP contribution in [0, 0.1) is 0 Å². The molecule has 0 fully saturated rings. The molecular formula is C44H42N4O9S2. The molecule has 1 aliphatic heterocycles. The number of nitrogens with zero attached hydrogens (tertiary/aromatic N) is 1. The van der Waals surface area contributed by atoms with Crippen molar-refractivity contribution in [3.63, 3.8) is 0 Å². The zero-order valence-electron chi connectivity index (χ0n) is 33.0. The van der Waals surface area contributed by atoms with E-state index in [1.807, 2.05) is 36.4 Å². The number of nitrogens with one attached hydrogen (secondary N) is 3. The molecule has 1 atom stereocenters. The molecule has 4 amide bonds. The molecule has 0 bridgehead atoms. The van der Waals surface area contributed by atoms with Crippen LogP contribution in [0.2, 0.25) is 0 Å². The number of thioether (sulfide) groups is 1. The molecule has 6 rings (SSSR count). The highest BCUT2D eigenvalue weighted by atomic mass is 32.2. The second kappa shape index (κ2) is 19.2. The molecular weight excluding hydrogens is 793 g/mol. The number of ether oxygens (including phenoxy) is 4.